The molecule has 0 N–H and O–H groups in total. The van der Waals surface area contributed by atoms with Gasteiger partial charge in [0, 0.05) is 30.2 Å². The Morgan fingerprint density at radius 3 is 2.80 bits per heavy atom. The molecule has 1 unspecified atom stereocenters. The van der Waals surface area contributed by atoms with Crippen LogP contribution in [0.5, 0.6) is 0 Å². The lowest BCUT2D eigenvalue weighted by Crippen LogP contribution is -2.08. The Hall–Kier alpha value is -0.310. The van der Waals surface area contributed by atoms with E-state index in [4.69, 9.17) is 0 Å². The predicted octanol–water partition coefficient (Wildman–Crippen LogP) is 3.65. The Kier molecular flexibility index (Phi) is 5.37. The number of aromatic nitrogens is 2. The standard InChI is InChI=1S/C12H21BrN2/c1-4-15-9-8-14-12(15)7-5-6-11(13)10(2)3/h8-11H,4-7H2,1-3H3. The molecule has 0 saturated carbocycles. The molecule has 0 radical (unpaired) electrons. The molecule has 0 aliphatic carbocycles. The molecule has 0 amide bonds. The summed E-state index contributed by atoms with van der Waals surface area (Å²) < 4.78 is 2.22. The molecule has 0 spiro atoms. The van der Waals surface area contributed by atoms with Crippen LogP contribution in [-0.4, -0.2) is 14.4 Å². The fraction of sp³-hybridized carbons (Fsp3) is 0.750. The van der Waals surface area contributed by atoms with Crippen molar-refractivity contribution in [1.29, 1.82) is 0 Å². The van der Waals surface area contributed by atoms with Crippen LogP contribution in [0, 0.1) is 5.92 Å². The van der Waals surface area contributed by atoms with Crippen LogP contribution in [0.15, 0.2) is 12.4 Å². The predicted molar refractivity (Wildman–Crippen MR) is 68.4 cm³/mol. The van der Waals surface area contributed by atoms with Crippen molar-refractivity contribution in [3.63, 3.8) is 0 Å². The summed E-state index contributed by atoms with van der Waals surface area (Å²) in [5, 5.41) is 0. The van der Waals surface area contributed by atoms with E-state index in [1.807, 2.05) is 6.20 Å². The van der Waals surface area contributed by atoms with Crippen molar-refractivity contribution in [2.24, 2.45) is 5.92 Å². The van der Waals surface area contributed by atoms with Crippen molar-refractivity contribution in [3.8, 4) is 0 Å². The number of halogens is 1. The van der Waals surface area contributed by atoms with Crippen molar-refractivity contribution in [2.45, 2.75) is 51.4 Å². The van der Waals surface area contributed by atoms with Gasteiger partial charge in [0.1, 0.15) is 5.82 Å². The normalized spacial score (nSPS) is 13.4. The second kappa shape index (κ2) is 6.31. The third-order valence-electron chi connectivity index (χ3n) is 2.75. The van der Waals surface area contributed by atoms with Gasteiger partial charge in [0.15, 0.2) is 0 Å². The summed E-state index contributed by atoms with van der Waals surface area (Å²) in [5.41, 5.74) is 0. The number of nitrogens with zero attached hydrogens (tertiary/aromatic N) is 2. The lowest BCUT2D eigenvalue weighted by Gasteiger charge is -2.13. The number of alkyl halides is 1. The molecule has 2 nitrogen and oxygen atoms in total. The summed E-state index contributed by atoms with van der Waals surface area (Å²) in [5.74, 6) is 1.94. The number of hydrogen-bond donors (Lipinski definition) is 0. The SMILES string of the molecule is CCn1ccnc1CCCC(Br)C(C)C. The van der Waals surface area contributed by atoms with Gasteiger partial charge in [0.05, 0.1) is 0 Å². The summed E-state index contributed by atoms with van der Waals surface area (Å²) in [4.78, 5) is 5.02. The summed E-state index contributed by atoms with van der Waals surface area (Å²) >= 11 is 3.71. The van der Waals surface area contributed by atoms with Crippen molar-refractivity contribution in [2.75, 3.05) is 0 Å². The van der Waals surface area contributed by atoms with Crippen LogP contribution < -0.4 is 0 Å². The zero-order valence-electron chi connectivity index (χ0n) is 9.91. The topological polar surface area (TPSA) is 17.8 Å². The second-order valence-corrected chi connectivity index (χ2v) is 5.46. The first-order chi connectivity index (χ1) is 7.15. The number of rotatable bonds is 6. The molecule has 1 aromatic heterocycles. The van der Waals surface area contributed by atoms with Crippen molar-refractivity contribution in [1.82, 2.24) is 9.55 Å². The molecule has 1 rings (SSSR count). The molecular weight excluding hydrogens is 252 g/mol. The van der Waals surface area contributed by atoms with E-state index >= 15 is 0 Å². The summed E-state index contributed by atoms with van der Waals surface area (Å²) in [6, 6.07) is 0. The quantitative estimate of drug-likeness (QED) is 0.723. The summed E-state index contributed by atoms with van der Waals surface area (Å²) in [7, 11) is 0. The Labute approximate surface area is 101 Å². The van der Waals surface area contributed by atoms with Gasteiger partial charge in [0.2, 0.25) is 0 Å². The van der Waals surface area contributed by atoms with Gasteiger partial charge in [-0.25, -0.2) is 4.98 Å². The number of aryl methyl sites for hydroxylation is 2. The second-order valence-electron chi connectivity index (χ2n) is 4.28. The van der Waals surface area contributed by atoms with Gasteiger partial charge in [-0.3, -0.25) is 0 Å². The van der Waals surface area contributed by atoms with Crippen LogP contribution in [0.3, 0.4) is 0 Å². The highest BCUT2D eigenvalue weighted by molar-refractivity contribution is 9.09. The minimum Gasteiger partial charge on any atom is -0.335 e. The van der Waals surface area contributed by atoms with Crippen molar-refractivity contribution >= 4 is 15.9 Å². The van der Waals surface area contributed by atoms with Crippen LogP contribution in [0.4, 0.5) is 0 Å². The molecule has 0 bridgehead atoms. The van der Waals surface area contributed by atoms with E-state index in [-0.39, 0.29) is 0 Å². The van der Waals surface area contributed by atoms with Crippen LogP contribution in [0.25, 0.3) is 0 Å². The molecule has 0 aliphatic rings. The van der Waals surface area contributed by atoms with Gasteiger partial charge >= 0.3 is 0 Å². The van der Waals surface area contributed by atoms with Gasteiger partial charge < -0.3 is 4.57 Å². The maximum Gasteiger partial charge on any atom is 0.108 e. The zero-order chi connectivity index (χ0) is 11.3. The lowest BCUT2D eigenvalue weighted by molar-refractivity contribution is 0.551. The van der Waals surface area contributed by atoms with E-state index in [9.17, 15) is 0 Å². The maximum atomic E-state index is 4.38. The van der Waals surface area contributed by atoms with E-state index in [1.165, 1.54) is 18.7 Å². The summed E-state index contributed by atoms with van der Waals surface area (Å²) in [6.07, 6.45) is 7.49. The number of imidazole rings is 1. The minimum atomic E-state index is 0.641. The van der Waals surface area contributed by atoms with Gasteiger partial charge in [-0.05, 0) is 25.7 Å². The molecule has 1 heterocycles. The van der Waals surface area contributed by atoms with E-state index in [1.54, 1.807) is 0 Å². The molecule has 15 heavy (non-hydrogen) atoms. The average Bonchev–Trinajstić information content (AvgIpc) is 2.65. The van der Waals surface area contributed by atoms with Gasteiger partial charge in [0.25, 0.3) is 0 Å². The van der Waals surface area contributed by atoms with Gasteiger partial charge in [-0.2, -0.15) is 0 Å². The molecule has 0 saturated heterocycles. The van der Waals surface area contributed by atoms with Crippen molar-refractivity contribution < 1.29 is 0 Å². The smallest absolute Gasteiger partial charge is 0.108 e. The molecule has 0 aromatic carbocycles. The molecular formula is C12H21BrN2. The minimum absolute atomic E-state index is 0.641. The highest BCUT2D eigenvalue weighted by atomic mass is 79.9. The van der Waals surface area contributed by atoms with Crippen LogP contribution in [-0.2, 0) is 13.0 Å². The lowest BCUT2D eigenvalue weighted by atomic mass is 10.1. The molecule has 0 fully saturated rings. The fourth-order valence-electron chi connectivity index (χ4n) is 1.64. The van der Waals surface area contributed by atoms with E-state index in [2.05, 4.69) is 52.4 Å². The number of hydrogen-bond acceptors (Lipinski definition) is 1. The molecule has 3 heteroatoms. The van der Waals surface area contributed by atoms with E-state index in [0.717, 1.165) is 18.9 Å². The zero-order valence-corrected chi connectivity index (χ0v) is 11.5. The van der Waals surface area contributed by atoms with E-state index in [0.29, 0.717) is 4.83 Å². The van der Waals surface area contributed by atoms with Crippen LogP contribution in [0.2, 0.25) is 0 Å². The van der Waals surface area contributed by atoms with E-state index < -0.39 is 0 Å². The highest BCUT2D eigenvalue weighted by Gasteiger charge is 2.09. The van der Waals surface area contributed by atoms with Crippen LogP contribution >= 0.6 is 15.9 Å². The first kappa shape index (κ1) is 12.8. The Morgan fingerprint density at radius 2 is 2.20 bits per heavy atom. The van der Waals surface area contributed by atoms with Crippen LogP contribution in [0.1, 0.15) is 39.4 Å². The first-order valence-electron chi connectivity index (χ1n) is 5.79. The van der Waals surface area contributed by atoms with Gasteiger partial charge in [-0.1, -0.05) is 29.8 Å². The van der Waals surface area contributed by atoms with Gasteiger partial charge in [-0.15, -0.1) is 0 Å². The first-order valence-corrected chi connectivity index (χ1v) is 6.70. The largest absolute Gasteiger partial charge is 0.335 e. The third-order valence-corrected chi connectivity index (χ3v) is 4.26. The highest BCUT2D eigenvalue weighted by Crippen LogP contribution is 2.18. The Bertz CT molecular complexity index is 281. The molecule has 1 aromatic rings. The molecule has 1 atom stereocenters. The van der Waals surface area contributed by atoms with Crippen molar-refractivity contribution in [3.05, 3.63) is 18.2 Å². The Morgan fingerprint density at radius 1 is 1.47 bits per heavy atom. The Balaban J connectivity index is 2.31. The maximum absolute atomic E-state index is 4.38. The fourth-order valence-corrected chi connectivity index (χ4v) is 1.97. The summed E-state index contributed by atoms with van der Waals surface area (Å²) in [6.45, 7) is 7.70. The average molecular weight is 273 g/mol. The molecule has 0 aliphatic heterocycles. The third kappa shape index (κ3) is 3.98. The molecule has 86 valence electrons. The monoisotopic (exact) mass is 272 g/mol.